The first-order chi connectivity index (χ1) is 13.5. The van der Waals surface area contributed by atoms with Gasteiger partial charge in [0.15, 0.2) is 5.78 Å². The molecular weight excluding hydrogens is 348 g/mol. The van der Waals surface area contributed by atoms with E-state index in [1.807, 2.05) is 42.5 Å². The average Bonchev–Trinajstić information content (AvgIpc) is 3.03. The van der Waals surface area contributed by atoms with Crippen LogP contribution in [0.1, 0.15) is 36.7 Å². The normalized spacial score (nSPS) is 10.6. The molecule has 4 nitrogen and oxygen atoms in total. The molecule has 4 heteroatoms. The summed E-state index contributed by atoms with van der Waals surface area (Å²) in [4.78, 5) is 27.5. The molecule has 4 aromatic rings. The fourth-order valence-electron chi connectivity index (χ4n) is 2.83. The first kappa shape index (κ1) is 19.4. The van der Waals surface area contributed by atoms with Crippen molar-refractivity contribution in [3.05, 3.63) is 100 Å². The maximum absolute atomic E-state index is 12.4. The summed E-state index contributed by atoms with van der Waals surface area (Å²) in [5.41, 5.74) is 3.37. The maximum atomic E-state index is 12.4. The van der Waals surface area contributed by atoms with Crippen molar-refractivity contribution in [3.63, 3.8) is 0 Å². The number of rotatable bonds is 3. The van der Waals surface area contributed by atoms with E-state index < -0.39 is 0 Å². The Morgan fingerprint density at radius 2 is 1.32 bits per heavy atom. The molecule has 142 valence electrons. The second-order valence-corrected chi connectivity index (χ2v) is 7.26. The highest BCUT2D eigenvalue weighted by Crippen LogP contribution is 2.17. The van der Waals surface area contributed by atoms with E-state index in [0.29, 0.717) is 11.1 Å². The lowest BCUT2D eigenvalue weighted by molar-refractivity contribution is 0.103. The van der Waals surface area contributed by atoms with Crippen LogP contribution in [-0.2, 0) is 0 Å². The Kier molecular flexibility index (Phi) is 5.90. The number of nitrogens with one attached hydrogen (secondary N) is 1. The van der Waals surface area contributed by atoms with E-state index >= 15 is 0 Å². The summed E-state index contributed by atoms with van der Waals surface area (Å²) in [5.74, 6) is 0.799. The minimum absolute atomic E-state index is 0.0339. The number of nitrogens with zero attached hydrogens (tertiary/aromatic N) is 1. The van der Waals surface area contributed by atoms with Gasteiger partial charge in [-0.05, 0) is 42.3 Å². The lowest BCUT2D eigenvalue weighted by Gasteiger charge is -2.05. The molecular formula is C24H24N2O2. The van der Waals surface area contributed by atoms with E-state index in [-0.39, 0.29) is 11.5 Å². The van der Waals surface area contributed by atoms with Gasteiger partial charge in [-0.15, -0.1) is 0 Å². The Morgan fingerprint density at radius 3 is 1.96 bits per heavy atom. The number of fused-ring (bicyclic) bond motifs is 1. The molecule has 1 heterocycles. The van der Waals surface area contributed by atoms with Gasteiger partial charge in [0.25, 0.3) is 0 Å². The molecule has 0 spiro atoms. The summed E-state index contributed by atoms with van der Waals surface area (Å²) >= 11 is 0. The zero-order valence-corrected chi connectivity index (χ0v) is 16.3. The molecule has 0 saturated carbocycles. The lowest BCUT2D eigenvalue weighted by atomic mass is 10.0. The van der Waals surface area contributed by atoms with Crippen molar-refractivity contribution >= 4 is 16.8 Å². The second kappa shape index (κ2) is 8.53. The van der Waals surface area contributed by atoms with Crippen LogP contribution in [0, 0.1) is 5.92 Å². The topological polar surface area (TPSA) is 54.9 Å². The molecule has 28 heavy (non-hydrogen) atoms. The van der Waals surface area contributed by atoms with Gasteiger partial charge >= 0.3 is 5.69 Å². The predicted molar refractivity (Wildman–Crippen MR) is 114 cm³/mol. The number of aromatic amines is 1. The van der Waals surface area contributed by atoms with Crippen LogP contribution in [0.2, 0.25) is 0 Å². The summed E-state index contributed by atoms with van der Waals surface area (Å²) in [6.45, 7) is 6.50. The quantitative estimate of drug-likeness (QED) is 0.502. The molecule has 0 aliphatic heterocycles. The Hall–Kier alpha value is -3.40. The maximum Gasteiger partial charge on any atom is 0.331 e. The smallest absolute Gasteiger partial charge is 0.305 e. The van der Waals surface area contributed by atoms with Crippen molar-refractivity contribution in [1.82, 2.24) is 9.55 Å². The van der Waals surface area contributed by atoms with Crippen LogP contribution in [0.4, 0.5) is 0 Å². The number of hydrogen-bond donors (Lipinski definition) is 1. The van der Waals surface area contributed by atoms with E-state index in [0.717, 1.165) is 22.6 Å². The van der Waals surface area contributed by atoms with Gasteiger partial charge in [-0.1, -0.05) is 63.2 Å². The third-order valence-electron chi connectivity index (χ3n) is 4.01. The molecule has 1 aromatic heterocycles. The van der Waals surface area contributed by atoms with Crippen LogP contribution in [0.15, 0.2) is 83.7 Å². The van der Waals surface area contributed by atoms with Crippen molar-refractivity contribution in [2.45, 2.75) is 20.8 Å². The van der Waals surface area contributed by atoms with Crippen molar-refractivity contribution in [1.29, 1.82) is 0 Å². The average molecular weight is 372 g/mol. The number of aromatic nitrogens is 2. The van der Waals surface area contributed by atoms with Crippen molar-refractivity contribution < 1.29 is 4.79 Å². The molecule has 4 rings (SSSR count). The fourth-order valence-corrected chi connectivity index (χ4v) is 2.83. The van der Waals surface area contributed by atoms with Crippen LogP contribution in [0.25, 0.3) is 16.7 Å². The van der Waals surface area contributed by atoms with E-state index in [2.05, 4.69) is 25.8 Å². The molecule has 0 radical (unpaired) electrons. The van der Waals surface area contributed by atoms with E-state index in [4.69, 9.17) is 0 Å². The van der Waals surface area contributed by atoms with Crippen molar-refractivity contribution in [3.8, 4) is 5.69 Å². The zero-order chi connectivity index (χ0) is 20.1. The van der Waals surface area contributed by atoms with Gasteiger partial charge in [0.05, 0.1) is 16.7 Å². The first-order valence-corrected chi connectivity index (χ1v) is 9.37. The third kappa shape index (κ3) is 4.29. The summed E-state index contributed by atoms with van der Waals surface area (Å²) in [6.07, 6.45) is 0. The third-order valence-corrected chi connectivity index (χ3v) is 4.01. The fraction of sp³-hybridized carbons (Fsp3) is 0.167. The second-order valence-electron chi connectivity index (χ2n) is 7.26. The Balaban J connectivity index is 0.000000516. The van der Waals surface area contributed by atoms with Gasteiger partial charge in [-0.3, -0.25) is 9.36 Å². The highest BCUT2D eigenvalue weighted by molar-refractivity contribution is 6.09. The largest absolute Gasteiger partial charge is 0.331 e. The zero-order valence-electron chi connectivity index (χ0n) is 16.3. The van der Waals surface area contributed by atoms with Crippen LogP contribution < -0.4 is 5.69 Å². The minimum Gasteiger partial charge on any atom is -0.305 e. The summed E-state index contributed by atoms with van der Waals surface area (Å²) in [5, 5.41) is 0. The highest BCUT2D eigenvalue weighted by Gasteiger charge is 2.11. The molecule has 1 N–H and O–H groups in total. The Bertz CT molecular complexity index is 1120. The number of ketones is 1. The number of para-hydroxylation sites is 2. The van der Waals surface area contributed by atoms with Crippen LogP contribution in [0.5, 0.6) is 0 Å². The van der Waals surface area contributed by atoms with Gasteiger partial charge in [0.1, 0.15) is 0 Å². The van der Waals surface area contributed by atoms with Crippen LogP contribution in [0.3, 0.4) is 0 Å². The van der Waals surface area contributed by atoms with Gasteiger partial charge in [-0.25, -0.2) is 4.79 Å². The Labute approximate surface area is 164 Å². The molecule has 3 aromatic carbocycles. The number of H-pyrrole nitrogens is 1. The van der Waals surface area contributed by atoms with Crippen LogP contribution >= 0.6 is 0 Å². The highest BCUT2D eigenvalue weighted by atomic mass is 16.1. The first-order valence-electron chi connectivity index (χ1n) is 9.37. The molecule has 0 unspecified atom stereocenters. The summed E-state index contributed by atoms with van der Waals surface area (Å²) < 4.78 is 1.60. The number of imidazole rings is 1. The molecule has 0 bridgehead atoms. The van der Waals surface area contributed by atoms with Gasteiger partial charge < -0.3 is 4.98 Å². The van der Waals surface area contributed by atoms with Crippen molar-refractivity contribution in [2.75, 3.05) is 0 Å². The predicted octanol–water partition coefficient (Wildman–Crippen LogP) is 5.21. The minimum atomic E-state index is -0.196. The van der Waals surface area contributed by atoms with E-state index in [1.165, 1.54) is 0 Å². The van der Waals surface area contributed by atoms with Gasteiger partial charge in [-0.2, -0.15) is 0 Å². The molecule has 0 atom stereocenters. The number of carbonyl (C=O) groups is 1. The molecule has 0 aliphatic carbocycles. The van der Waals surface area contributed by atoms with E-state index in [9.17, 15) is 9.59 Å². The SMILES string of the molecule is CC(C)C.O=C(c1ccccc1)c1ccc(-n2c(=O)[nH]c3ccccc32)cc1. The summed E-state index contributed by atoms with van der Waals surface area (Å²) in [7, 11) is 0. The van der Waals surface area contributed by atoms with Gasteiger partial charge in [0.2, 0.25) is 0 Å². The summed E-state index contributed by atoms with van der Waals surface area (Å²) in [6, 6.07) is 23.7. The molecule has 0 aliphatic rings. The molecule has 0 fully saturated rings. The lowest BCUT2D eigenvalue weighted by Crippen LogP contribution is -2.14. The molecule has 0 amide bonds. The van der Waals surface area contributed by atoms with E-state index in [1.54, 1.807) is 41.0 Å². The van der Waals surface area contributed by atoms with Crippen LogP contribution in [-0.4, -0.2) is 15.3 Å². The standard InChI is InChI=1S/C20H14N2O2.C4H10/c23-19(14-6-2-1-3-7-14)15-10-12-16(13-11-15)22-18-9-5-4-8-17(18)21-20(22)24;1-4(2)3/h1-13H,(H,21,24);4H,1-3H3. The monoisotopic (exact) mass is 372 g/mol. The number of carbonyl (C=O) groups excluding carboxylic acids is 1. The number of benzene rings is 3. The molecule has 0 saturated heterocycles. The Morgan fingerprint density at radius 1 is 0.786 bits per heavy atom. The number of hydrogen-bond acceptors (Lipinski definition) is 2. The van der Waals surface area contributed by atoms with Gasteiger partial charge in [0, 0.05) is 11.1 Å². The van der Waals surface area contributed by atoms with Crippen molar-refractivity contribution in [2.24, 2.45) is 5.92 Å².